The predicted molar refractivity (Wildman–Crippen MR) is 63.3 cm³/mol. The average Bonchev–Trinajstić information content (AvgIpc) is 2.76. The van der Waals surface area contributed by atoms with Crippen LogP contribution in [0.25, 0.3) is 0 Å². The zero-order valence-corrected chi connectivity index (χ0v) is 10.0. The first kappa shape index (κ1) is 11.3. The molecule has 0 amide bonds. The Bertz CT molecular complexity index is 470. The van der Waals surface area contributed by atoms with Crippen molar-refractivity contribution in [1.29, 1.82) is 0 Å². The van der Waals surface area contributed by atoms with Crippen molar-refractivity contribution in [2.24, 2.45) is 5.73 Å². The lowest BCUT2D eigenvalue weighted by Crippen LogP contribution is -2.15. The van der Waals surface area contributed by atoms with E-state index in [0.29, 0.717) is 12.2 Å². The van der Waals surface area contributed by atoms with Gasteiger partial charge in [0.25, 0.3) is 0 Å². The van der Waals surface area contributed by atoms with E-state index < -0.39 is 0 Å². The van der Waals surface area contributed by atoms with E-state index >= 15 is 0 Å². The standard InChI is InChI=1S/C11H11BrFN3/c12-9-2-1-8(13)5-7(9)6-10(14)11-15-3-4-16-11/h1-5,10H,6,14H2,(H,15,16). The van der Waals surface area contributed by atoms with Crippen LogP contribution in [-0.4, -0.2) is 9.97 Å². The van der Waals surface area contributed by atoms with Crippen molar-refractivity contribution in [3.63, 3.8) is 0 Å². The Labute approximate surface area is 101 Å². The highest BCUT2D eigenvalue weighted by Crippen LogP contribution is 2.22. The highest BCUT2D eigenvalue weighted by atomic mass is 79.9. The number of aromatic nitrogens is 2. The van der Waals surface area contributed by atoms with Crippen LogP contribution < -0.4 is 5.73 Å². The maximum absolute atomic E-state index is 13.1. The molecule has 0 aliphatic heterocycles. The highest BCUT2D eigenvalue weighted by molar-refractivity contribution is 9.10. The Morgan fingerprint density at radius 1 is 1.50 bits per heavy atom. The molecule has 84 valence electrons. The molecule has 2 aromatic rings. The third-order valence-corrected chi connectivity index (χ3v) is 3.09. The minimum absolute atomic E-state index is 0.256. The molecule has 16 heavy (non-hydrogen) atoms. The van der Waals surface area contributed by atoms with Crippen LogP contribution >= 0.6 is 15.9 Å². The van der Waals surface area contributed by atoms with Crippen LogP contribution in [0, 0.1) is 5.82 Å². The normalized spacial score (nSPS) is 12.7. The first-order chi connectivity index (χ1) is 7.66. The molecular weight excluding hydrogens is 273 g/mol. The molecule has 3 N–H and O–H groups in total. The van der Waals surface area contributed by atoms with Gasteiger partial charge in [-0.1, -0.05) is 15.9 Å². The molecule has 3 nitrogen and oxygen atoms in total. The van der Waals surface area contributed by atoms with Gasteiger partial charge in [-0.2, -0.15) is 0 Å². The summed E-state index contributed by atoms with van der Waals surface area (Å²) in [4.78, 5) is 7.02. The molecule has 0 saturated carbocycles. The number of halogens is 2. The summed E-state index contributed by atoms with van der Waals surface area (Å²) in [6.07, 6.45) is 3.90. The molecule has 5 heteroatoms. The summed E-state index contributed by atoms with van der Waals surface area (Å²) in [5, 5.41) is 0. The molecule has 0 bridgehead atoms. The summed E-state index contributed by atoms with van der Waals surface area (Å²) in [5.74, 6) is 0.445. The first-order valence-electron chi connectivity index (χ1n) is 4.85. The van der Waals surface area contributed by atoms with E-state index in [2.05, 4.69) is 25.9 Å². The lowest BCUT2D eigenvalue weighted by atomic mass is 10.1. The maximum Gasteiger partial charge on any atom is 0.123 e. The molecular formula is C11H11BrFN3. The fourth-order valence-electron chi connectivity index (χ4n) is 1.51. The minimum atomic E-state index is -0.259. The van der Waals surface area contributed by atoms with Gasteiger partial charge in [-0.25, -0.2) is 9.37 Å². The number of imidazole rings is 1. The van der Waals surface area contributed by atoms with E-state index in [1.807, 2.05) is 0 Å². The summed E-state index contributed by atoms with van der Waals surface area (Å²) in [5.41, 5.74) is 6.79. The molecule has 0 spiro atoms. The summed E-state index contributed by atoms with van der Waals surface area (Å²) >= 11 is 3.37. The Balaban J connectivity index is 2.17. The topological polar surface area (TPSA) is 54.7 Å². The molecule has 0 aliphatic carbocycles. The SMILES string of the molecule is NC(Cc1cc(F)ccc1Br)c1ncc[nH]1. The van der Waals surface area contributed by atoms with Gasteiger partial charge in [-0.15, -0.1) is 0 Å². The van der Waals surface area contributed by atoms with Gasteiger partial charge in [0, 0.05) is 16.9 Å². The second-order valence-electron chi connectivity index (χ2n) is 3.52. The van der Waals surface area contributed by atoms with Crippen molar-refractivity contribution >= 4 is 15.9 Å². The third-order valence-electron chi connectivity index (χ3n) is 2.32. The van der Waals surface area contributed by atoms with Gasteiger partial charge in [0.15, 0.2) is 0 Å². The van der Waals surface area contributed by atoms with Crippen molar-refractivity contribution in [1.82, 2.24) is 9.97 Å². The van der Waals surface area contributed by atoms with Gasteiger partial charge < -0.3 is 10.7 Å². The summed E-state index contributed by atoms with van der Waals surface area (Å²) in [6, 6.07) is 4.31. The molecule has 1 aromatic heterocycles. The molecule has 0 radical (unpaired) electrons. The van der Waals surface area contributed by atoms with E-state index in [0.717, 1.165) is 10.0 Å². The van der Waals surface area contributed by atoms with E-state index in [9.17, 15) is 4.39 Å². The van der Waals surface area contributed by atoms with Crippen molar-refractivity contribution in [3.8, 4) is 0 Å². The van der Waals surface area contributed by atoms with E-state index in [-0.39, 0.29) is 11.9 Å². The Morgan fingerprint density at radius 2 is 2.31 bits per heavy atom. The van der Waals surface area contributed by atoms with Crippen LogP contribution in [0.5, 0.6) is 0 Å². The zero-order valence-electron chi connectivity index (χ0n) is 8.45. The number of H-pyrrole nitrogens is 1. The monoisotopic (exact) mass is 283 g/mol. The largest absolute Gasteiger partial charge is 0.347 e. The number of hydrogen-bond donors (Lipinski definition) is 2. The van der Waals surface area contributed by atoms with Crippen LogP contribution in [0.1, 0.15) is 17.4 Å². The third kappa shape index (κ3) is 2.48. The molecule has 2 rings (SSSR count). The second kappa shape index (κ2) is 4.76. The van der Waals surface area contributed by atoms with Crippen molar-refractivity contribution in [2.45, 2.75) is 12.5 Å². The molecule has 1 unspecified atom stereocenters. The van der Waals surface area contributed by atoms with Crippen LogP contribution in [0.15, 0.2) is 35.1 Å². The number of rotatable bonds is 3. The first-order valence-corrected chi connectivity index (χ1v) is 5.65. The number of nitrogens with two attached hydrogens (primary N) is 1. The summed E-state index contributed by atoms with van der Waals surface area (Å²) < 4.78 is 13.9. The van der Waals surface area contributed by atoms with E-state index in [4.69, 9.17) is 5.73 Å². The molecule has 0 saturated heterocycles. The zero-order chi connectivity index (χ0) is 11.5. The minimum Gasteiger partial charge on any atom is -0.347 e. The van der Waals surface area contributed by atoms with Crippen molar-refractivity contribution < 1.29 is 4.39 Å². The number of benzene rings is 1. The van der Waals surface area contributed by atoms with Crippen LogP contribution in [0.2, 0.25) is 0 Å². The van der Waals surface area contributed by atoms with Gasteiger partial charge >= 0.3 is 0 Å². The number of nitrogens with one attached hydrogen (secondary N) is 1. The Kier molecular flexibility index (Phi) is 3.36. The number of nitrogens with zero attached hydrogens (tertiary/aromatic N) is 1. The van der Waals surface area contributed by atoms with Crippen LogP contribution in [-0.2, 0) is 6.42 Å². The lowest BCUT2D eigenvalue weighted by Gasteiger charge is -2.10. The fraction of sp³-hybridized carbons (Fsp3) is 0.182. The van der Waals surface area contributed by atoms with Gasteiger partial charge in [0.2, 0.25) is 0 Å². The van der Waals surface area contributed by atoms with Crippen molar-refractivity contribution in [2.75, 3.05) is 0 Å². The average molecular weight is 284 g/mol. The molecule has 0 fully saturated rings. The lowest BCUT2D eigenvalue weighted by molar-refractivity contribution is 0.618. The smallest absolute Gasteiger partial charge is 0.123 e. The molecule has 1 heterocycles. The molecule has 0 aliphatic rings. The number of aromatic amines is 1. The fourth-order valence-corrected chi connectivity index (χ4v) is 1.92. The Hall–Kier alpha value is -1.20. The van der Waals surface area contributed by atoms with E-state index in [1.165, 1.54) is 12.1 Å². The summed E-state index contributed by atoms with van der Waals surface area (Å²) in [7, 11) is 0. The Morgan fingerprint density at radius 3 is 3.00 bits per heavy atom. The van der Waals surface area contributed by atoms with Gasteiger partial charge in [-0.05, 0) is 30.2 Å². The van der Waals surface area contributed by atoms with Crippen LogP contribution in [0.3, 0.4) is 0 Å². The molecule has 1 aromatic carbocycles. The maximum atomic E-state index is 13.1. The predicted octanol–water partition coefficient (Wildman–Crippen LogP) is 2.55. The van der Waals surface area contributed by atoms with Crippen molar-refractivity contribution in [3.05, 3.63) is 52.3 Å². The highest BCUT2D eigenvalue weighted by Gasteiger charge is 2.11. The second-order valence-corrected chi connectivity index (χ2v) is 4.38. The van der Waals surface area contributed by atoms with Gasteiger partial charge in [0.05, 0.1) is 6.04 Å². The van der Waals surface area contributed by atoms with Crippen LogP contribution in [0.4, 0.5) is 4.39 Å². The molecule has 1 atom stereocenters. The van der Waals surface area contributed by atoms with E-state index in [1.54, 1.807) is 18.5 Å². The quantitative estimate of drug-likeness (QED) is 0.910. The van der Waals surface area contributed by atoms with Gasteiger partial charge in [0.1, 0.15) is 11.6 Å². The number of hydrogen-bond acceptors (Lipinski definition) is 2. The summed E-state index contributed by atoms with van der Waals surface area (Å²) in [6.45, 7) is 0. The van der Waals surface area contributed by atoms with Gasteiger partial charge in [-0.3, -0.25) is 0 Å².